The average molecular weight is 506 g/mol. The molecule has 2 rings (SSSR count). The Hall–Kier alpha value is -0.640. The van der Waals surface area contributed by atoms with Crippen LogP contribution in [0.25, 0.3) is 0 Å². The molecule has 0 radical (unpaired) electrons. The van der Waals surface area contributed by atoms with E-state index in [9.17, 15) is 56.2 Å². The van der Waals surface area contributed by atoms with E-state index >= 15 is 0 Å². The lowest BCUT2D eigenvalue weighted by Gasteiger charge is -2.43. The van der Waals surface area contributed by atoms with E-state index in [1.165, 1.54) is 0 Å². The largest absolute Gasteiger partial charge is 0.394 e. The lowest BCUT2D eigenvalue weighted by atomic mass is 9.98. The molecule has 0 aromatic heterocycles. The monoisotopic (exact) mass is 506 g/mol. The van der Waals surface area contributed by atoms with Crippen LogP contribution in [0.3, 0.4) is 0 Å². The zero-order valence-electron chi connectivity index (χ0n) is 17.9. The first-order valence-electron chi connectivity index (χ1n) is 10.5. The van der Waals surface area contributed by atoms with Crippen LogP contribution in [0.2, 0.25) is 0 Å². The topological polar surface area (TPSA) is 280 Å². The van der Waals surface area contributed by atoms with Gasteiger partial charge in [-0.2, -0.15) is 0 Å². The number of ether oxygens (including phenoxy) is 4. The van der Waals surface area contributed by atoms with Crippen molar-refractivity contribution in [3.05, 3.63) is 0 Å². The van der Waals surface area contributed by atoms with Crippen molar-refractivity contribution in [1.82, 2.24) is 0 Å². The zero-order chi connectivity index (χ0) is 25.7. The second-order valence-corrected chi connectivity index (χ2v) is 8.14. The molecular formula is C18H34O16. The molecule has 0 bridgehead atoms. The number of rotatable bonds is 11. The van der Waals surface area contributed by atoms with Gasteiger partial charge >= 0.3 is 0 Å². The Kier molecular flexibility index (Phi) is 11.4. The summed E-state index contributed by atoms with van der Waals surface area (Å²) < 4.78 is 20.8. The summed E-state index contributed by atoms with van der Waals surface area (Å²) in [4.78, 5) is 0. The van der Waals surface area contributed by atoms with Gasteiger partial charge in [-0.15, -0.1) is 0 Å². The molecule has 16 nitrogen and oxygen atoms in total. The molecule has 0 amide bonds. The minimum Gasteiger partial charge on any atom is -0.394 e. The van der Waals surface area contributed by atoms with Crippen LogP contribution in [0.15, 0.2) is 0 Å². The molecule has 0 aliphatic carbocycles. The smallest absolute Gasteiger partial charge is 0.187 e. The van der Waals surface area contributed by atoms with Crippen LogP contribution in [0.5, 0.6) is 0 Å². The Balaban J connectivity index is 2.12. The van der Waals surface area contributed by atoms with E-state index in [-0.39, 0.29) is 0 Å². The first-order chi connectivity index (χ1) is 16.0. The fourth-order valence-electron chi connectivity index (χ4n) is 3.55. The van der Waals surface area contributed by atoms with Crippen molar-refractivity contribution in [2.45, 2.75) is 85.8 Å². The zero-order valence-corrected chi connectivity index (χ0v) is 17.9. The van der Waals surface area contributed by atoms with Crippen LogP contribution in [-0.2, 0) is 18.9 Å². The molecule has 2 aliphatic rings. The maximum Gasteiger partial charge on any atom is 0.187 e. The van der Waals surface area contributed by atoms with Gasteiger partial charge < -0.3 is 80.2 Å². The summed E-state index contributed by atoms with van der Waals surface area (Å²) in [7, 11) is 0. The summed E-state index contributed by atoms with van der Waals surface area (Å²) in [5, 5.41) is 118. The van der Waals surface area contributed by atoms with Crippen LogP contribution >= 0.6 is 0 Å². The van der Waals surface area contributed by atoms with Crippen LogP contribution in [0.4, 0.5) is 0 Å². The first-order valence-corrected chi connectivity index (χ1v) is 10.5. The molecule has 2 aliphatic heterocycles. The standard InChI is InChI=1S/C18H34O16/c19-1-5(22)9(24)16(34-18-15(30)13(28)11(26)8(3-21)33-18)6(23)4-31-17-14(29)12(27)10(25)7(2-20)32-17/h5-30H,1-4H2/t5-,6+,7-,8-,9-,10-,11-,12+,13+,14-,15-,16-,17-,18+/m1/s1. The molecule has 0 aromatic rings. The number of aliphatic hydroxyl groups excluding tert-OH is 12. The van der Waals surface area contributed by atoms with Gasteiger partial charge in [0.2, 0.25) is 0 Å². The van der Waals surface area contributed by atoms with Gasteiger partial charge in [-0.05, 0) is 0 Å². The Morgan fingerprint density at radius 2 is 1.09 bits per heavy atom. The summed E-state index contributed by atoms with van der Waals surface area (Å²) in [6, 6.07) is 0. The highest BCUT2D eigenvalue weighted by atomic mass is 16.7. The highest BCUT2D eigenvalue weighted by Crippen LogP contribution is 2.26. The fraction of sp³-hybridized carbons (Fsp3) is 1.00. The SMILES string of the molecule is OC[C@@H](O)[C@@H](O)[C@H](O[C@@H]1O[C@H](CO)[C@@H](O)[C@H](O)[C@H]1O)[C@@H](O)CO[C@@H]1O[C@H](CO)[C@@H](O)[C@H](O)[C@H]1O. The van der Waals surface area contributed by atoms with E-state index in [4.69, 9.17) is 24.1 Å². The molecule has 2 saturated heterocycles. The third-order valence-corrected chi connectivity index (χ3v) is 5.72. The summed E-state index contributed by atoms with van der Waals surface area (Å²) in [5.41, 5.74) is 0. The van der Waals surface area contributed by atoms with Crippen molar-refractivity contribution in [2.24, 2.45) is 0 Å². The molecule has 0 saturated carbocycles. The van der Waals surface area contributed by atoms with E-state index in [1.807, 2.05) is 0 Å². The molecule has 12 N–H and O–H groups in total. The predicted octanol–water partition coefficient (Wildman–Crippen LogP) is -7.94. The van der Waals surface area contributed by atoms with Crippen molar-refractivity contribution in [3.63, 3.8) is 0 Å². The van der Waals surface area contributed by atoms with E-state index in [1.54, 1.807) is 0 Å². The summed E-state index contributed by atoms with van der Waals surface area (Å²) >= 11 is 0. The maximum atomic E-state index is 10.5. The van der Waals surface area contributed by atoms with Gasteiger partial charge in [0, 0.05) is 0 Å². The van der Waals surface area contributed by atoms with Gasteiger partial charge in [0.05, 0.1) is 26.4 Å². The Morgan fingerprint density at radius 1 is 0.618 bits per heavy atom. The van der Waals surface area contributed by atoms with Crippen molar-refractivity contribution in [2.75, 3.05) is 26.4 Å². The minimum atomic E-state index is -2.02. The molecule has 14 atom stereocenters. The van der Waals surface area contributed by atoms with Gasteiger partial charge in [-0.3, -0.25) is 0 Å². The summed E-state index contributed by atoms with van der Waals surface area (Å²) in [6.45, 7) is -3.33. The molecule has 2 fully saturated rings. The molecule has 16 heteroatoms. The second-order valence-electron chi connectivity index (χ2n) is 8.14. The normalized spacial score (nSPS) is 42.7. The number of hydrogen-bond donors (Lipinski definition) is 12. The van der Waals surface area contributed by atoms with Gasteiger partial charge in [-0.1, -0.05) is 0 Å². The van der Waals surface area contributed by atoms with Gasteiger partial charge in [0.25, 0.3) is 0 Å². The Labute approximate surface area is 193 Å². The van der Waals surface area contributed by atoms with Gasteiger partial charge in [-0.25, -0.2) is 0 Å². The second kappa shape index (κ2) is 13.1. The Bertz CT molecular complexity index is 594. The highest BCUT2D eigenvalue weighted by Gasteiger charge is 2.48. The Morgan fingerprint density at radius 3 is 1.56 bits per heavy atom. The third-order valence-electron chi connectivity index (χ3n) is 5.72. The van der Waals surface area contributed by atoms with Crippen LogP contribution < -0.4 is 0 Å². The van der Waals surface area contributed by atoms with E-state index in [0.717, 1.165) is 0 Å². The van der Waals surface area contributed by atoms with Crippen LogP contribution in [0, 0.1) is 0 Å². The molecule has 2 heterocycles. The van der Waals surface area contributed by atoms with Crippen molar-refractivity contribution in [3.8, 4) is 0 Å². The van der Waals surface area contributed by atoms with Crippen LogP contribution in [-0.4, -0.2) is 174 Å². The lowest BCUT2D eigenvalue weighted by Crippen LogP contribution is -2.62. The molecule has 0 unspecified atom stereocenters. The lowest BCUT2D eigenvalue weighted by molar-refractivity contribution is -0.333. The van der Waals surface area contributed by atoms with Gasteiger partial charge in [0.15, 0.2) is 12.6 Å². The fourth-order valence-corrected chi connectivity index (χ4v) is 3.55. The summed E-state index contributed by atoms with van der Waals surface area (Å²) in [6.07, 6.45) is -24.5. The predicted molar refractivity (Wildman–Crippen MR) is 103 cm³/mol. The van der Waals surface area contributed by atoms with Gasteiger partial charge in [0.1, 0.15) is 73.2 Å². The highest BCUT2D eigenvalue weighted by molar-refractivity contribution is 4.92. The molecule has 0 spiro atoms. The van der Waals surface area contributed by atoms with E-state index in [2.05, 4.69) is 0 Å². The molecule has 202 valence electrons. The maximum absolute atomic E-state index is 10.5. The number of aliphatic hydroxyl groups is 12. The molecule has 0 aromatic carbocycles. The van der Waals surface area contributed by atoms with Crippen LogP contribution in [0.1, 0.15) is 0 Å². The van der Waals surface area contributed by atoms with E-state index in [0.29, 0.717) is 0 Å². The number of hydrogen-bond acceptors (Lipinski definition) is 16. The van der Waals surface area contributed by atoms with Crippen molar-refractivity contribution >= 4 is 0 Å². The average Bonchev–Trinajstić information content (AvgIpc) is 2.84. The summed E-state index contributed by atoms with van der Waals surface area (Å²) in [5.74, 6) is 0. The van der Waals surface area contributed by atoms with E-state index < -0.39 is 112 Å². The van der Waals surface area contributed by atoms with Crippen molar-refractivity contribution < 1.29 is 80.2 Å². The molecular weight excluding hydrogens is 472 g/mol. The molecule has 34 heavy (non-hydrogen) atoms. The first kappa shape index (κ1) is 29.6. The third kappa shape index (κ3) is 6.56. The van der Waals surface area contributed by atoms with Crippen molar-refractivity contribution in [1.29, 1.82) is 0 Å². The quantitative estimate of drug-likeness (QED) is 0.124. The minimum absolute atomic E-state index is 0.738.